The molecule has 2 unspecified atom stereocenters. The van der Waals surface area contributed by atoms with Crippen molar-refractivity contribution in [2.75, 3.05) is 0 Å². The van der Waals surface area contributed by atoms with E-state index in [9.17, 15) is 0 Å². The summed E-state index contributed by atoms with van der Waals surface area (Å²) in [5.74, 6) is 0.555. The maximum Gasteiger partial charge on any atom is 0.0137 e. The largest absolute Gasteiger partial charge is 0.0842 e. The molecule has 0 heteroatoms. The van der Waals surface area contributed by atoms with Crippen LogP contribution in [-0.2, 0) is 0 Å². The van der Waals surface area contributed by atoms with Gasteiger partial charge >= 0.3 is 0 Å². The van der Waals surface area contributed by atoms with Crippen LogP contribution in [0.1, 0.15) is 31.2 Å². The fraction of sp³-hybridized carbons (Fsp3) is 0.136. The molecule has 0 aromatic heterocycles. The first-order chi connectivity index (χ1) is 21.9. The van der Waals surface area contributed by atoms with Crippen molar-refractivity contribution in [3.05, 3.63) is 203 Å². The minimum Gasteiger partial charge on any atom is -0.0842 e. The quantitative estimate of drug-likeness (QED) is 0.296. The van der Waals surface area contributed by atoms with Gasteiger partial charge in [0.15, 0.2) is 0 Å². The number of benzene rings is 3. The van der Waals surface area contributed by atoms with E-state index < -0.39 is 0 Å². The average Bonchev–Trinajstić information content (AvgIpc) is 3.08. The van der Waals surface area contributed by atoms with E-state index in [1.807, 2.05) is 0 Å². The predicted octanol–water partition coefficient (Wildman–Crippen LogP) is 9.71. The fourth-order valence-electron chi connectivity index (χ4n) is 7.17. The molecule has 3 aromatic rings. The Morgan fingerprint density at radius 3 is 1.80 bits per heavy atom. The Bertz CT molecular complexity index is 2000. The van der Waals surface area contributed by atoms with E-state index in [1.54, 1.807) is 0 Å². The van der Waals surface area contributed by atoms with Crippen molar-refractivity contribution in [2.24, 2.45) is 11.8 Å². The summed E-state index contributed by atoms with van der Waals surface area (Å²) >= 11 is 0. The maximum atomic E-state index is 2.44. The standard InChI is InChI=1S/C44H38/c1-2-4-8-19-33(20-9-5-3-1)34-21-10-6-7-11-23-36(32-31-34)43-39-26-14-16-28-41(39)44(42-29-17-15-27-40(42)43)38-30-18-24-35-22-12-13-25-37(35)38/h1-8,10-19,21-30,39,41H,9,20,31-32H2. The van der Waals surface area contributed by atoms with Gasteiger partial charge in [0, 0.05) is 11.8 Å². The molecule has 4 aliphatic carbocycles. The minimum absolute atomic E-state index is 0.275. The topological polar surface area (TPSA) is 0 Å². The van der Waals surface area contributed by atoms with Gasteiger partial charge in [-0.25, -0.2) is 0 Å². The number of fused-ring (bicyclic) bond motifs is 3. The third-order valence-corrected chi connectivity index (χ3v) is 9.20. The zero-order chi connectivity index (χ0) is 29.6. The SMILES string of the molecule is C1=CC=CCCC(C2=CC=CC=CC=C(C3=c4ccccc4=C(c4cccc5ccccc45)C4C=CC=CC34)CC2)=CC=C1. The summed E-state index contributed by atoms with van der Waals surface area (Å²) in [6.07, 6.45) is 42.2. The highest BCUT2D eigenvalue weighted by atomic mass is 14.4. The van der Waals surface area contributed by atoms with Gasteiger partial charge < -0.3 is 0 Å². The first-order valence-electron chi connectivity index (χ1n) is 16.0. The highest BCUT2D eigenvalue weighted by Crippen LogP contribution is 2.43. The van der Waals surface area contributed by atoms with Crippen LogP contribution >= 0.6 is 0 Å². The van der Waals surface area contributed by atoms with Crippen LogP contribution in [0.15, 0.2) is 187 Å². The van der Waals surface area contributed by atoms with Crippen LogP contribution in [0.4, 0.5) is 0 Å². The molecule has 0 heterocycles. The Balaban J connectivity index is 1.39. The number of allylic oxidation sites excluding steroid dienone is 20. The second-order valence-corrected chi connectivity index (χ2v) is 11.8. The summed E-state index contributed by atoms with van der Waals surface area (Å²) in [7, 11) is 0. The van der Waals surface area contributed by atoms with Gasteiger partial charge in [-0.15, -0.1) is 0 Å². The summed E-state index contributed by atoms with van der Waals surface area (Å²) in [5, 5.41) is 5.34. The second-order valence-electron chi connectivity index (χ2n) is 11.8. The van der Waals surface area contributed by atoms with Crippen molar-refractivity contribution in [1.29, 1.82) is 0 Å². The third kappa shape index (κ3) is 5.69. The van der Waals surface area contributed by atoms with Gasteiger partial charge in [0.1, 0.15) is 0 Å². The lowest BCUT2D eigenvalue weighted by Crippen LogP contribution is -2.40. The molecule has 0 spiro atoms. The van der Waals surface area contributed by atoms with Crippen LogP contribution < -0.4 is 10.4 Å². The Morgan fingerprint density at radius 2 is 1.00 bits per heavy atom. The molecular weight excluding hydrogens is 528 g/mol. The van der Waals surface area contributed by atoms with E-state index in [1.165, 1.54) is 54.6 Å². The van der Waals surface area contributed by atoms with Crippen molar-refractivity contribution in [3.8, 4) is 0 Å². The van der Waals surface area contributed by atoms with Crippen molar-refractivity contribution >= 4 is 21.9 Å². The van der Waals surface area contributed by atoms with Crippen molar-refractivity contribution in [2.45, 2.75) is 25.7 Å². The molecule has 0 N–H and O–H groups in total. The van der Waals surface area contributed by atoms with Gasteiger partial charge in [-0.2, -0.15) is 0 Å². The zero-order valence-corrected chi connectivity index (χ0v) is 25.1. The lowest BCUT2D eigenvalue weighted by molar-refractivity contribution is 0.680. The summed E-state index contributed by atoms with van der Waals surface area (Å²) in [6.45, 7) is 0. The molecule has 0 saturated heterocycles. The molecule has 0 amide bonds. The highest BCUT2D eigenvalue weighted by Gasteiger charge is 2.33. The summed E-state index contributed by atoms with van der Waals surface area (Å²) in [5.41, 5.74) is 8.53. The van der Waals surface area contributed by atoms with Gasteiger partial charge in [-0.1, -0.05) is 170 Å². The summed E-state index contributed by atoms with van der Waals surface area (Å²) < 4.78 is 0. The van der Waals surface area contributed by atoms with E-state index in [0.29, 0.717) is 0 Å². The molecule has 44 heavy (non-hydrogen) atoms. The molecule has 0 saturated carbocycles. The summed E-state index contributed by atoms with van der Waals surface area (Å²) in [6, 6.07) is 24.7. The van der Waals surface area contributed by atoms with Gasteiger partial charge in [-0.05, 0) is 80.3 Å². The molecule has 4 aliphatic rings. The van der Waals surface area contributed by atoms with Gasteiger partial charge in [0.25, 0.3) is 0 Å². The Kier molecular flexibility index (Phi) is 8.33. The number of hydrogen-bond donors (Lipinski definition) is 0. The fourth-order valence-corrected chi connectivity index (χ4v) is 7.17. The van der Waals surface area contributed by atoms with E-state index >= 15 is 0 Å². The molecule has 7 rings (SSSR count). The number of rotatable bonds is 3. The van der Waals surface area contributed by atoms with Crippen LogP contribution in [0.25, 0.3) is 21.9 Å². The molecule has 0 bridgehead atoms. The predicted molar refractivity (Wildman–Crippen MR) is 189 cm³/mol. The van der Waals surface area contributed by atoms with Crippen LogP contribution in [0, 0.1) is 11.8 Å². The van der Waals surface area contributed by atoms with E-state index in [2.05, 4.69) is 170 Å². The van der Waals surface area contributed by atoms with E-state index in [4.69, 9.17) is 0 Å². The Hall–Kier alpha value is -4.94. The van der Waals surface area contributed by atoms with Crippen LogP contribution in [0.2, 0.25) is 0 Å². The van der Waals surface area contributed by atoms with Gasteiger partial charge in [0.05, 0.1) is 0 Å². The van der Waals surface area contributed by atoms with Crippen molar-refractivity contribution in [1.82, 2.24) is 0 Å². The lowest BCUT2D eigenvalue weighted by Gasteiger charge is -2.34. The molecule has 214 valence electrons. The van der Waals surface area contributed by atoms with Crippen molar-refractivity contribution < 1.29 is 0 Å². The molecular formula is C44H38. The highest BCUT2D eigenvalue weighted by molar-refractivity contribution is 5.96. The maximum absolute atomic E-state index is 2.44. The Morgan fingerprint density at radius 1 is 0.432 bits per heavy atom. The third-order valence-electron chi connectivity index (χ3n) is 9.20. The molecule has 0 radical (unpaired) electrons. The normalized spacial score (nSPS) is 21.4. The van der Waals surface area contributed by atoms with Crippen LogP contribution in [-0.4, -0.2) is 0 Å². The number of hydrogen-bond acceptors (Lipinski definition) is 0. The molecule has 2 atom stereocenters. The lowest BCUT2D eigenvalue weighted by atomic mass is 9.69. The van der Waals surface area contributed by atoms with Gasteiger partial charge in [0.2, 0.25) is 0 Å². The molecule has 3 aromatic carbocycles. The minimum atomic E-state index is 0.275. The van der Waals surface area contributed by atoms with Crippen LogP contribution in [0.5, 0.6) is 0 Å². The van der Waals surface area contributed by atoms with Gasteiger partial charge in [-0.3, -0.25) is 0 Å². The first-order valence-corrected chi connectivity index (χ1v) is 16.0. The first kappa shape index (κ1) is 27.9. The summed E-state index contributed by atoms with van der Waals surface area (Å²) in [4.78, 5) is 0. The monoisotopic (exact) mass is 566 g/mol. The average molecular weight is 567 g/mol. The second kappa shape index (κ2) is 13.1. The van der Waals surface area contributed by atoms with Crippen LogP contribution in [0.3, 0.4) is 0 Å². The smallest absolute Gasteiger partial charge is 0.0137 e. The van der Waals surface area contributed by atoms with Crippen molar-refractivity contribution in [3.63, 3.8) is 0 Å². The van der Waals surface area contributed by atoms with E-state index in [-0.39, 0.29) is 11.8 Å². The zero-order valence-electron chi connectivity index (χ0n) is 25.1. The molecule has 0 aliphatic heterocycles. The molecule has 0 nitrogen and oxygen atoms in total. The molecule has 0 fully saturated rings. The Labute approximate surface area is 261 Å². The van der Waals surface area contributed by atoms with E-state index in [0.717, 1.165) is 25.7 Å².